The van der Waals surface area contributed by atoms with Gasteiger partial charge in [0.2, 0.25) is 0 Å². The van der Waals surface area contributed by atoms with Gasteiger partial charge >= 0.3 is 5.97 Å². The molecule has 0 saturated heterocycles. The number of amides is 3. The monoisotopic (exact) mass is 461 g/mol. The van der Waals surface area contributed by atoms with Crippen molar-refractivity contribution in [2.75, 3.05) is 19.5 Å². The number of nitrogens with zero attached hydrogens (tertiary/aromatic N) is 2. The third kappa shape index (κ3) is 4.04. The van der Waals surface area contributed by atoms with E-state index in [2.05, 4.69) is 10.3 Å². The van der Waals surface area contributed by atoms with Gasteiger partial charge in [0.05, 0.1) is 43.1 Å². The lowest BCUT2D eigenvalue weighted by atomic mass is 10.0. The third-order valence-corrected chi connectivity index (χ3v) is 5.30. The van der Waals surface area contributed by atoms with Crippen LogP contribution in [-0.2, 0) is 6.54 Å². The van der Waals surface area contributed by atoms with Gasteiger partial charge in [-0.05, 0) is 29.8 Å². The molecule has 3 amide bonds. The number of hydrogen-bond donors (Lipinski definition) is 2. The Labute approximate surface area is 193 Å². The lowest BCUT2D eigenvalue weighted by Gasteiger charge is -2.14. The molecule has 3 aromatic rings. The number of methoxy groups -OCH3 is 2. The fourth-order valence-electron chi connectivity index (χ4n) is 3.60. The summed E-state index contributed by atoms with van der Waals surface area (Å²) in [6.45, 7) is 0.0509. The molecule has 10 heteroatoms. The fraction of sp³-hybridized carbons (Fsp3) is 0.125. The minimum absolute atomic E-state index is 0.0174. The number of carboxylic acid groups (broad SMARTS) is 1. The van der Waals surface area contributed by atoms with Crippen molar-refractivity contribution >= 4 is 29.4 Å². The van der Waals surface area contributed by atoms with E-state index < -0.39 is 23.7 Å². The van der Waals surface area contributed by atoms with Crippen LogP contribution in [0, 0.1) is 0 Å². The van der Waals surface area contributed by atoms with Crippen molar-refractivity contribution in [3.05, 3.63) is 82.7 Å². The number of aromatic carboxylic acids is 1. The number of fused-ring (bicyclic) bond motifs is 1. The molecule has 1 aliphatic heterocycles. The summed E-state index contributed by atoms with van der Waals surface area (Å²) >= 11 is 0. The smallest absolute Gasteiger partial charge is 0.337 e. The number of anilines is 1. The Hall–Kier alpha value is -4.73. The van der Waals surface area contributed by atoms with Crippen molar-refractivity contribution in [3.8, 4) is 11.5 Å². The van der Waals surface area contributed by atoms with Gasteiger partial charge in [0, 0.05) is 30.1 Å². The zero-order chi connectivity index (χ0) is 24.4. The van der Waals surface area contributed by atoms with E-state index in [1.807, 2.05) is 0 Å². The van der Waals surface area contributed by atoms with Gasteiger partial charge in [0.1, 0.15) is 0 Å². The van der Waals surface area contributed by atoms with Crippen LogP contribution in [0.15, 0.2) is 54.9 Å². The highest BCUT2D eigenvalue weighted by atomic mass is 16.5. The van der Waals surface area contributed by atoms with Crippen molar-refractivity contribution < 1.29 is 33.8 Å². The summed E-state index contributed by atoms with van der Waals surface area (Å²) < 4.78 is 10.3. The number of pyridine rings is 1. The van der Waals surface area contributed by atoms with Crippen molar-refractivity contribution in [1.29, 1.82) is 0 Å². The number of hydrogen-bond acceptors (Lipinski definition) is 7. The Morgan fingerprint density at radius 1 is 1.00 bits per heavy atom. The summed E-state index contributed by atoms with van der Waals surface area (Å²) in [6.07, 6.45) is 3.15. The van der Waals surface area contributed by atoms with Gasteiger partial charge in [-0.3, -0.25) is 24.3 Å². The van der Waals surface area contributed by atoms with E-state index in [0.29, 0.717) is 5.56 Å². The number of carbonyl (C=O) groups excluding carboxylic acids is 3. The second kappa shape index (κ2) is 9.02. The topological polar surface area (TPSA) is 135 Å². The highest BCUT2D eigenvalue weighted by Crippen LogP contribution is 2.34. The van der Waals surface area contributed by atoms with E-state index in [1.54, 1.807) is 24.5 Å². The van der Waals surface area contributed by atoms with Crippen LogP contribution >= 0.6 is 0 Å². The lowest BCUT2D eigenvalue weighted by molar-refractivity contribution is 0.0639. The molecular weight excluding hydrogens is 442 g/mol. The third-order valence-electron chi connectivity index (χ3n) is 5.30. The maximum absolute atomic E-state index is 12.9. The van der Waals surface area contributed by atoms with Gasteiger partial charge in [0.15, 0.2) is 11.5 Å². The van der Waals surface area contributed by atoms with Gasteiger partial charge in [0.25, 0.3) is 17.7 Å². The summed E-state index contributed by atoms with van der Waals surface area (Å²) in [7, 11) is 2.74. The average molecular weight is 461 g/mol. The molecule has 0 bridgehead atoms. The van der Waals surface area contributed by atoms with Gasteiger partial charge in [-0.1, -0.05) is 6.07 Å². The number of nitrogens with one attached hydrogen (secondary N) is 1. The summed E-state index contributed by atoms with van der Waals surface area (Å²) in [6, 6.07) is 10.1. The van der Waals surface area contributed by atoms with Crippen LogP contribution in [0.25, 0.3) is 0 Å². The average Bonchev–Trinajstić information content (AvgIpc) is 3.08. The summed E-state index contributed by atoms with van der Waals surface area (Å²) in [5, 5.41) is 12.1. The Morgan fingerprint density at radius 3 is 2.35 bits per heavy atom. The standard InChI is InChI=1S/C24H19N3O7/c1-33-19-9-17(24(31)32)18(10-20(19)34-2)26-21(28)14-5-6-15-16(8-14)23(30)27(22(15)29)12-13-4-3-7-25-11-13/h3-11H,12H2,1-2H3,(H,26,28)(H,31,32). The number of benzene rings is 2. The molecule has 0 atom stereocenters. The number of aromatic nitrogens is 1. The quantitative estimate of drug-likeness (QED) is 0.513. The lowest BCUT2D eigenvalue weighted by Crippen LogP contribution is -2.29. The van der Waals surface area contributed by atoms with Crippen LogP contribution in [0.2, 0.25) is 0 Å². The first-order valence-corrected chi connectivity index (χ1v) is 10.0. The molecule has 34 heavy (non-hydrogen) atoms. The highest BCUT2D eigenvalue weighted by Gasteiger charge is 2.36. The predicted octanol–water partition coefficient (Wildman–Crippen LogP) is 2.85. The molecule has 2 heterocycles. The molecule has 0 spiro atoms. The second-order valence-electron chi connectivity index (χ2n) is 7.33. The van der Waals surface area contributed by atoms with Crippen molar-refractivity contribution in [2.45, 2.75) is 6.54 Å². The Kier molecular flexibility index (Phi) is 5.96. The van der Waals surface area contributed by atoms with Crippen LogP contribution in [-0.4, -0.2) is 52.9 Å². The van der Waals surface area contributed by atoms with Crippen molar-refractivity contribution in [1.82, 2.24) is 9.88 Å². The summed E-state index contributed by atoms with van der Waals surface area (Å²) in [5.74, 6) is -2.53. The van der Waals surface area contributed by atoms with Gasteiger partial charge in [-0.2, -0.15) is 0 Å². The van der Waals surface area contributed by atoms with E-state index in [9.17, 15) is 24.3 Å². The van der Waals surface area contributed by atoms with Gasteiger partial charge in [-0.25, -0.2) is 4.79 Å². The molecule has 2 N–H and O–H groups in total. The van der Waals surface area contributed by atoms with E-state index >= 15 is 0 Å². The van der Waals surface area contributed by atoms with Crippen molar-refractivity contribution in [3.63, 3.8) is 0 Å². The first kappa shape index (κ1) is 22.5. The zero-order valence-corrected chi connectivity index (χ0v) is 18.2. The first-order valence-electron chi connectivity index (χ1n) is 10.0. The summed E-state index contributed by atoms with van der Waals surface area (Å²) in [4.78, 5) is 55.3. The number of rotatable bonds is 7. The number of carboxylic acids is 1. The van der Waals surface area contributed by atoms with E-state index in [-0.39, 0.29) is 46.0 Å². The molecule has 0 radical (unpaired) electrons. The molecule has 172 valence electrons. The molecule has 0 saturated carbocycles. The molecule has 4 rings (SSSR count). The molecule has 1 aromatic heterocycles. The van der Waals surface area contributed by atoms with Crippen LogP contribution in [0.3, 0.4) is 0 Å². The maximum atomic E-state index is 12.9. The fourth-order valence-corrected chi connectivity index (χ4v) is 3.60. The number of carbonyl (C=O) groups is 4. The SMILES string of the molecule is COc1cc(NC(=O)c2ccc3c(c2)C(=O)N(Cc2cccnc2)C3=O)c(C(=O)O)cc1OC. The van der Waals surface area contributed by atoms with Crippen LogP contribution in [0.1, 0.15) is 47.0 Å². The highest BCUT2D eigenvalue weighted by molar-refractivity contribution is 6.22. The maximum Gasteiger partial charge on any atom is 0.337 e. The van der Waals surface area contributed by atoms with Crippen LogP contribution in [0.4, 0.5) is 5.69 Å². The minimum Gasteiger partial charge on any atom is -0.493 e. The molecule has 0 unspecified atom stereocenters. The molecular formula is C24H19N3O7. The Balaban J connectivity index is 1.61. The molecule has 0 fully saturated rings. The number of ether oxygens (including phenoxy) is 2. The molecule has 0 aliphatic carbocycles. The number of imide groups is 1. The second-order valence-corrected chi connectivity index (χ2v) is 7.33. The van der Waals surface area contributed by atoms with E-state index in [1.165, 1.54) is 44.6 Å². The van der Waals surface area contributed by atoms with Crippen LogP contribution in [0.5, 0.6) is 11.5 Å². The normalized spacial score (nSPS) is 12.4. The van der Waals surface area contributed by atoms with E-state index in [0.717, 1.165) is 4.90 Å². The van der Waals surface area contributed by atoms with Crippen molar-refractivity contribution in [2.24, 2.45) is 0 Å². The van der Waals surface area contributed by atoms with Crippen LogP contribution < -0.4 is 14.8 Å². The Bertz CT molecular complexity index is 1320. The zero-order valence-electron chi connectivity index (χ0n) is 18.2. The predicted molar refractivity (Wildman–Crippen MR) is 119 cm³/mol. The van der Waals surface area contributed by atoms with Gasteiger partial charge < -0.3 is 19.9 Å². The molecule has 1 aliphatic rings. The minimum atomic E-state index is -1.28. The van der Waals surface area contributed by atoms with Gasteiger partial charge in [-0.15, -0.1) is 0 Å². The Morgan fingerprint density at radius 2 is 1.71 bits per heavy atom. The van der Waals surface area contributed by atoms with E-state index in [4.69, 9.17) is 9.47 Å². The summed E-state index contributed by atoms with van der Waals surface area (Å²) in [5.41, 5.74) is 0.811. The largest absolute Gasteiger partial charge is 0.493 e. The first-order chi connectivity index (χ1) is 16.3. The molecule has 2 aromatic carbocycles. The molecule has 10 nitrogen and oxygen atoms in total.